The number of phenolic OH excluding ortho intramolecular Hbond substituents is 1. The maximum Gasteiger partial charge on any atom is 0.220 e. The summed E-state index contributed by atoms with van der Waals surface area (Å²) < 4.78 is 30.6. The van der Waals surface area contributed by atoms with Crippen molar-refractivity contribution in [2.45, 2.75) is 13.5 Å². The molecule has 4 rings (SSSR count). The summed E-state index contributed by atoms with van der Waals surface area (Å²) in [5.41, 5.74) is 7.08. The lowest BCUT2D eigenvalue weighted by Gasteiger charge is -2.15. The Balaban J connectivity index is 1.60. The van der Waals surface area contributed by atoms with Crippen LogP contribution >= 0.6 is 11.6 Å². The minimum atomic E-state index is -0.429. The molecule has 0 aliphatic heterocycles. The topological polar surface area (TPSA) is 99.7 Å². The summed E-state index contributed by atoms with van der Waals surface area (Å²) in [6.07, 6.45) is 1.43. The van der Waals surface area contributed by atoms with E-state index in [1.807, 2.05) is 19.1 Å². The Bertz CT molecular complexity index is 1320. The summed E-state index contributed by atoms with van der Waals surface area (Å²) in [5.74, 6) is 1.17. The van der Waals surface area contributed by atoms with E-state index in [-0.39, 0.29) is 29.1 Å². The van der Waals surface area contributed by atoms with Crippen molar-refractivity contribution in [3.05, 3.63) is 83.3 Å². The zero-order valence-electron chi connectivity index (χ0n) is 18.2. The zero-order valence-corrected chi connectivity index (χ0v) is 18.9. The van der Waals surface area contributed by atoms with Crippen LogP contribution < -0.4 is 19.9 Å². The molecule has 3 aromatic carbocycles. The number of nitrogens with zero attached hydrogens (tertiary/aromatic N) is 2. The molecule has 7 nitrogen and oxygen atoms in total. The van der Waals surface area contributed by atoms with E-state index in [0.29, 0.717) is 40.7 Å². The lowest BCUT2D eigenvalue weighted by molar-refractivity contribution is 0.304. The normalized spacial score (nSPS) is 10.7. The largest absolute Gasteiger partial charge is 0.507 e. The van der Waals surface area contributed by atoms with Crippen LogP contribution in [0.3, 0.4) is 0 Å². The van der Waals surface area contributed by atoms with Gasteiger partial charge in [-0.15, -0.1) is 0 Å². The fraction of sp³-hybridized carbons (Fsp3) is 0.120. The first-order chi connectivity index (χ1) is 16.4. The highest BCUT2D eigenvalue weighted by molar-refractivity contribution is 6.31. The first kappa shape index (κ1) is 23.1. The SMILES string of the molecule is CCOc1ccccc1Oc1cnc(N)nc1-c1ccc(OCc2ccc(F)cc2Cl)cc1O. The number of nitrogen functional groups attached to an aromatic ring is 1. The van der Waals surface area contributed by atoms with Gasteiger partial charge in [-0.1, -0.05) is 29.8 Å². The molecular formula is C25H21ClFN3O4. The predicted molar refractivity (Wildman–Crippen MR) is 127 cm³/mol. The second-order valence-electron chi connectivity index (χ2n) is 7.13. The Labute approximate surface area is 200 Å². The molecule has 0 atom stereocenters. The van der Waals surface area contributed by atoms with Gasteiger partial charge in [-0.2, -0.15) is 0 Å². The molecule has 0 bridgehead atoms. The molecule has 3 N–H and O–H groups in total. The highest BCUT2D eigenvalue weighted by Crippen LogP contribution is 2.40. The number of benzene rings is 3. The highest BCUT2D eigenvalue weighted by atomic mass is 35.5. The van der Waals surface area contributed by atoms with Crippen LogP contribution in [0.2, 0.25) is 5.02 Å². The average molecular weight is 482 g/mol. The van der Waals surface area contributed by atoms with Gasteiger partial charge in [-0.25, -0.2) is 14.4 Å². The molecule has 9 heteroatoms. The molecule has 1 aromatic heterocycles. The van der Waals surface area contributed by atoms with Gasteiger partial charge in [0.15, 0.2) is 17.2 Å². The lowest BCUT2D eigenvalue weighted by Crippen LogP contribution is -2.01. The van der Waals surface area contributed by atoms with Gasteiger partial charge in [0.25, 0.3) is 0 Å². The maximum absolute atomic E-state index is 13.2. The van der Waals surface area contributed by atoms with Crippen molar-refractivity contribution in [2.24, 2.45) is 0 Å². The van der Waals surface area contributed by atoms with Gasteiger partial charge in [-0.3, -0.25) is 0 Å². The molecular weight excluding hydrogens is 461 g/mol. The van der Waals surface area contributed by atoms with Crippen molar-refractivity contribution >= 4 is 17.5 Å². The van der Waals surface area contributed by atoms with Crippen LogP contribution in [0.25, 0.3) is 11.3 Å². The van der Waals surface area contributed by atoms with Crippen LogP contribution in [-0.2, 0) is 6.61 Å². The van der Waals surface area contributed by atoms with Gasteiger partial charge in [0.05, 0.1) is 17.8 Å². The molecule has 0 radical (unpaired) electrons. The van der Waals surface area contributed by atoms with Crippen LogP contribution in [0.4, 0.5) is 10.3 Å². The fourth-order valence-corrected chi connectivity index (χ4v) is 3.40. The highest BCUT2D eigenvalue weighted by Gasteiger charge is 2.17. The molecule has 0 spiro atoms. The number of phenols is 1. The predicted octanol–water partition coefficient (Wildman–Crippen LogP) is 5.99. The van der Waals surface area contributed by atoms with Crippen molar-refractivity contribution in [2.75, 3.05) is 12.3 Å². The van der Waals surface area contributed by atoms with Crippen LogP contribution in [0.15, 0.2) is 66.9 Å². The molecule has 0 unspecified atom stereocenters. The van der Waals surface area contributed by atoms with Crippen molar-refractivity contribution in [1.82, 2.24) is 9.97 Å². The van der Waals surface area contributed by atoms with Gasteiger partial charge in [0.2, 0.25) is 5.95 Å². The molecule has 0 fully saturated rings. The van der Waals surface area contributed by atoms with Gasteiger partial charge in [0.1, 0.15) is 29.6 Å². The van der Waals surface area contributed by atoms with Crippen LogP contribution in [0, 0.1) is 5.82 Å². The zero-order chi connectivity index (χ0) is 24.1. The maximum atomic E-state index is 13.2. The van der Waals surface area contributed by atoms with Crippen LogP contribution in [-0.4, -0.2) is 21.7 Å². The van der Waals surface area contributed by atoms with E-state index < -0.39 is 5.82 Å². The first-order valence-corrected chi connectivity index (χ1v) is 10.7. The minimum Gasteiger partial charge on any atom is -0.507 e. The number of anilines is 1. The van der Waals surface area contributed by atoms with E-state index in [0.717, 1.165) is 0 Å². The number of hydrogen-bond donors (Lipinski definition) is 2. The summed E-state index contributed by atoms with van der Waals surface area (Å²) in [6, 6.07) is 16.0. The smallest absolute Gasteiger partial charge is 0.220 e. The number of para-hydroxylation sites is 2. The Morgan fingerprint density at radius 2 is 1.79 bits per heavy atom. The summed E-state index contributed by atoms with van der Waals surface area (Å²) in [4.78, 5) is 8.28. The first-order valence-electron chi connectivity index (χ1n) is 10.4. The van der Waals surface area contributed by atoms with E-state index >= 15 is 0 Å². The summed E-state index contributed by atoms with van der Waals surface area (Å²) in [6.45, 7) is 2.44. The van der Waals surface area contributed by atoms with E-state index in [9.17, 15) is 9.50 Å². The van der Waals surface area contributed by atoms with E-state index in [2.05, 4.69) is 9.97 Å². The van der Waals surface area contributed by atoms with Crippen molar-refractivity contribution in [3.8, 4) is 40.0 Å². The summed E-state index contributed by atoms with van der Waals surface area (Å²) in [5, 5.41) is 11.0. The third-order valence-corrected chi connectivity index (χ3v) is 5.13. The Morgan fingerprint density at radius 3 is 2.53 bits per heavy atom. The third-order valence-electron chi connectivity index (χ3n) is 4.78. The number of halogens is 2. The summed E-state index contributed by atoms with van der Waals surface area (Å²) >= 11 is 6.04. The average Bonchev–Trinajstić information content (AvgIpc) is 2.81. The van der Waals surface area contributed by atoms with E-state index in [1.165, 1.54) is 24.4 Å². The number of aromatic nitrogens is 2. The molecule has 0 amide bonds. The number of nitrogens with two attached hydrogens (primary N) is 1. The number of hydrogen-bond acceptors (Lipinski definition) is 7. The van der Waals surface area contributed by atoms with Gasteiger partial charge >= 0.3 is 0 Å². The molecule has 1 heterocycles. The summed E-state index contributed by atoms with van der Waals surface area (Å²) in [7, 11) is 0. The number of ether oxygens (including phenoxy) is 3. The number of rotatable bonds is 8. The molecule has 0 saturated carbocycles. The second kappa shape index (κ2) is 10.3. The lowest BCUT2D eigenvalue weighted by atomic mass is 10.1. The Kier molecular flexibility index (Phi) is 6.98. The minimum absolute atomic E-state index is 0.0196. The van der Waals surface area contributed by atoms with Gasteiger partial charge in [-0.05, 0) is 43.3 Å². The standard InChI is InChI=1S/C25H21ClFN3O4/c1-2-32-21-5-3-4-6-22(21)34-23-13-29-25(28)30-24(23)18-10-9-17(12-20(18)31)33-14-15-7-8-16(27)11-19(15)26/h3-13,31H,2,14H2,1H3,(H2,28,29,30). The van der Waals surface area contributed by atoms with Crippen LogP contribution in [0.1, 0.15) is 12.5 Å². The molecule has 174 valence electrons. The monoisotopic (exact) mass is 481 g/mol. The third kappa shape index (κ3) is 5.29. The Morgan fingerprint density at radius 1 is 1.00 bits per heavy atom. The van der Waals surface area contributed by atoms with E-state index in [4.69, 9.17) is 31.5 Å². The van der Waals surface area contributed by atoms with Crippen molar-refractivity contribution in [1.29, 1.82) is 0 Å². The van der Waals surface area contributed by atoms with Gasteiger partial charge < -0.3 is 25.1 Å². The second-order valence-corrected chi connectivity index (χ2v) is 7.53. The quantitative estimate of drug-likeness (QED) is 0.318. The van der Waals surface area contributed by atoms with Crippen LogP contribution in [0.5, 0.6) is 28.7 Å². The molecule has 0 saturated heterocycles. The molecule has 0 aliphatic rings. The Hall–Kier alpha value is -4.04. The fourth-order valence-electron chi connectivity index (χ4n) is 3.18. The molecule has 4 aromatic rings. The molecule has 34 heavy (non-hydrogen) atoms. The number of aromatic hydroxyl groups is 1. The van der Waals surface area contributed by atoms with E-state index in [1.54, 1.807) is 30.3 Å². The molecule has 0 aliphatic carbocycles. The van der Waals surface area contributed by atoms with Crippen molar-refractivity contribution in [3.63, 3.8) is 0 Å². The van der Waals surface area contributed by atoms with Gasteiger partial charge in [0, 0.05) is 17.2 Å². The van der Waals surface area contributed by atoms with Crippen molar-refractivity contribution < 1.29 is 23.7 Å².